The molecule has 2 rings (SSSR count). The van der Waals surface area contributed by atoms with E-state index >= 15 is 0 Å². The van der Waals surface area contributed by atoms with Gasteiger partial charge in [0.1, 0.15) is 5.69 Å². The second-order valence-electron chi connectivity index (χ2n) is 5.30. The van der Waals surface area contributed by atoms with Gasteiger partial charge in [-0.1, -0.05) is 0 Å². The molecular formula is C12H21N5O3S. The summed E-state index contributed by atoms with van der Waals surface area (Å²) < 4.78 is 24.7. The number of carbonyl (C=O) groups excluding carboxylic acids is 1. The van der Waals surface area contributed by atoms with Gasteiger partial charge in [-0.3, -0.25) is 9.89 Å². The molecule has 21 heavy (non-hydrogen) atoms. The minimum absolute atomic E-state index is 0.0169. The number of piperidine rings is 1. The number of rotatable bonds is 5. The second-order valence-corrected chi connectivity index (χ2v) is 7.14. The molecule has 4 N–H and O–H groups in total. The van der Waals surface area contributed by atoms with Crippen LogP contribution in [0.1, 0.15) is 36.2 Å². The third-order valence-corrected chi connectivity index (χ3v) is 4.34. The quantitative estimate of drug-likeness (QED) is 0.702. The molecule has 1 aromatic rings. The molecule has 9 heteroatoms. The molecule has 2 heterocycles. The SMILES string of the molecule is CS(=O)(=O)NCCC1CCCCN1C(=O)c1[nH]ncc1N. The van der Waals surface area contributed by atoms with Crippen LogP contribution in [0.3, 0.4) is 0 Å². The van der Waals surface area contributed by atoms with Crippen molar-refractivity contribution < 1.29 is 13.2 Å². The lowest BCUT2D eigenvalue weighted by molar-refractivity contribution is 0.0599. The smallest absolute Gasteiger partial charge is 0.274 e. The van der Waals surface area contributed by atoms with E-state index in [4.69, 9.17) is 5.73 Å². The molecule has 0 spiro atoms. The summed E-state index contributed by atoms with van der Waals surface area (Å²) in [6.07, 6.45) is 5.97. The van der Waals surface area contributed by atoms with Crippen molar-refractivity contribution in [2.45, 2.75) is 31.7 Å². The van der Waals surface area contributed by atoms with E-state index in [-0.39, 0.29) is 11.9 Å². The van der Waals surface area contributed by atoms with E-state index in [1.807, 2.05) is 0 Å². The number of nitrogen functional groups attached to an aromatic ring is 1. The Bertz CT molecular complexity index is 598. The van der Waals surface area contributed by atoms with Crippen molar-refractivity contribution >= 4 is 21.6 Å². The van der Waals surface area contributed by atoms with Crippen molar-refractivity contribution in [2.24, 2.45) is 0 Å². The molecule has 1 fully saturated rings. The van der Waals surface area contributed by atoms with Gasteiger partial charge >= 0.3 is 0 Å². The van der Waals surface area contributed by atoms with Crippen molar-refractivity contribution in [2.75, 3.05) is 25.1 Å². The van der Waals surface area contributed by atoms with Crippen LogP contribution < -0.4 is 10.5 Å². The van der Waals surface area contributed by atoms with Gasteiger partial charge in [-0.25, -0.2) is 13.1 Å². The van der Waals surface area contributed by atoms with Gasteiger partial charge in [0.2, 0.25) is 10.0 Å². The molecular weight excluding hydrogens is 294 g/mol. The van der Waals surface area contributed by atoms with E-state index in [2.05, 4.69) is 14.9 Å². The van der Waals surface area contributed by atoms with Crippen molar-refractivity contribution in [3.05, 3.63) is 11.9 Å². The molecule has 1 atom stereocenters. The van der Waals surface area contributed by atoms with Crippen LogP contribution in [0.15, 0.2) is 6.20 Å². The molecule has 0 bridgehead atoms. The second kappa shape index (κ2) is 6.44. The number of anilines is 1. The standard InChI is InChI=1S/C12H21N5O3S/c1-21(19,20)15-6-5-9-4-2-3-7-17(9)12(18)11-10(13)8-14-16-11/h8-9,15H,2-7,13H2,1H3,(H,14,16). The first kappa shape index (κ1) is 15.8. The number of likely N-dealkylation sites (tertiary alicyclic amines) is 1. The molecule has 0 aromatic carbocycles. The summed E-state index contributed by atoms with van der Waals surface area (Å²) in [5.41, 5.74) is 6.35. The lowest BCUT2D eigenvalue weighted by Crippen LogP contribution is -2.45. The number of nitrogens with zero attached hydrogens (tertiary/aromatic N) is 2. The minimum atomic E-state index is -3.20. The summed E-state index contributed by atoms with van der Waals surface area (Å²) in [5, 5.41) is 6.39. The number of nitrogens with two attached hydrogens (primary N) is 1. The highest BCUT2D eigenvalue weighted by atomic mass is 32.2. The van der Waals surface area contributed by atoms with Crippen molar-refractivity contribution in [3.63, 3.8) is 0 Å². The third kappa shape index (κ3) is 4.18. The average molecular weight is 315 g/mol. The van der Waals surface area contributed by atoms with Crippen LogP contribution in [0, 0.1) is 0 Å². The number of aromatic amines is 1. The van der Waals surface area contributed by atoms with Crippen molar-refractivity contribution in [1.29, 1.82) is 0 Å². The van der Waals surface area contributed by atoms with Gasteiger partial charge in [-0.15, -0.1) is 0 Å². The van der Waals surface area contributed by atoms with Gasteiger partial charge < -0.3 is 10.6 Å². The molecule has 1 aliphatic rings. The van der Waals surface area contributed by atoms with E-state index < -0.39 is 10.0 Å². The maximum absolute atomic E-state index is 12.5. The predicted octanol–water partition coefficient (Wildman–Crippen LogP) is -0.0741. The maximum atomic E-state index is 12.5. The van der Waals surface area contributed by atoms with Crippen LogP contribution in [-0.2, 0) is 10.0 Å². The number of hydrogen-bond acceptors (Lipinski definition) is 5. The number of aromatic nitrogens is 2. The minimum Gasteiger partial charge on any atom is -0.396 e. The summed E-state index contributed by atoms with van der Waals surface area (Å²) in [6.45, 7) is 0.979. The van der Waals surface area contributed by atoms with Crippen molar-refractivity contribution in [3.8, 4) is 0 Å². The van der Waals surface area contributed by atoms with Crippen LogP contribution in [0.25, 0.3) is 0 Å². The lowest BCUT2D eigenvalue weighted by Gasteiger charge is -2.35. The third-order valence-electron chi connectivity index (χ3n) is 3.61. The molecule has 1 unspecified atom stereocenters. The molecule has 8 nitrogen and oxygen atoms in total. The van der Waals surface area contributed by atoms with E-state index in [9.17, 15) is 13.2 Å². The number of carbonyl (C=O) groups is 1. The summed E-state index contributed by atoms with van der Waals surface area (Å²) in [6, 6.07) is 0.0169. The maximum Gasteiger partial charge on any atom is 0.274 e. The summed E-state index contributed by atoms with van der Waals surface area (Å²) >= 11 is 0. The summed E-state index contributed by atoms with van der Waals surface area (Å²) in [7, 11) is -3.20. The van der Waals surface area contributed by atoms with E-state index in [1.165, 1.54) is 6.20 Å². The Kier molecular flexibility index (Phi) is 4.84. The summed E-state index contributed by atoms with van der Waals surface area (Å²) in [4.78, 5) is 14.2. The molecule has 0 aliphatic carbocycles. The Morgan fingerprint density at radius 2 is 2.33 bits per heavy atom. The topological polar surface area (TPSA) is 121 Å². The van der Waals surface area contributed by atoms with Gasteiger partial charge in [-0.2, -0.15) is 5.10 Å². The fourth-order valence-corrected chi connectivity index (χ4v) is 3.08. The number of hydrogen-bond donors (Lipinski definition) is 3. The average Bonchev–Trinajstić information content (AvgIpc) is 2.83. The van der Waals surface area contributed by atoms with Crippen LogP contribution in [0.4, 0.5) is 5.69 Å². The largest absolute Gasteiger partial charge is 0.396 e. The lowest BCUT2D eigenvalue weighted by atomic mass is 9.99. The molecule has 0 saturated carbocycles. The first-order chi connectivity index (χ1) is 9.88. The molecule has 118 valence electrons. The highest BCUT2D eigenvalue weighted by Gasteiger charge is 2.29. The Morgan fingerprint density at radius 1 is 1.57 bits per heavy atom. The normalized spacial score (nSPS) is 19.7. The number of H-pyrrole nitrogens is 1. The monoisotopic (exact) mass is 315 g/mol. The van der Waals surface area contributed by atoms with E-state index in [1.54, 1.807) is 4.90 Å². The molecule has 0 radical (unpaired) electrons. The van der Waals surface area contributed by atoms with Gasteiger partial charge in [-0.05, 0) is 25.7 Å². The number of nitrogens with one attached hydrogen (secondary N) is 2. The van der Waals surface area contributed by atoms with Gasteiger partial charge in [0.05, 0.1) is 18.1 Å². The molecule has 1 aliphatic heterocycles. The van der Waals surface area contributed by atoms with Crippen LogP contribution in [-0.4, -0.2) is 54.8 Å². The zero-order valence-corrected chi connectivity index (χ0v) is 12.8. The van der Waals surface area contributed by atoms with Crippen LogP contribution in [0.2, 0.25) is 0 Å². The van der Waals surface area contributed by atoms with E-state index in [0.29, 0.717) is 30.9 Å². The highest BCUT2D eigenvalue weighted by molar-refractivity contribution is 7.88. The first-order valence-corrected chi connectivity index (χ1v) is 8.82. The van der Waals surface area contributed by atoms with Gasteiger partial charge in [0, 0.05) is 19.1 Å². The Labute approximate surface area is 124 Å². The van der Waals surface area contributed by atoms with E-state index in [0.717, 1.165) is 25.5 Å². The fourth-order valence-electron chi connectivity index (χ4n) is 2.59. The number of sulfonamides is 1. The van der Waals surface area contributed by atoms with Crippen LogP contribution >= 0.6 is 0 Å². The summed E-state index contributed by atoms with van der Waals surface area (Å²) in [5.74, 6) is -0.172. The van der Waals surface area contributed by atoms with Crippen LogP contribution in [0.5, 0.6) is 0 Å². The Morgan fingerprint density at radius 3 is 2.95 bits per heavy atom. The molecule has 1 aromatic heterocycles. The zero-order chi connectivity index (χ0) is 15.5. The zero-order valence-electron chi connectivity index (χ0n) is 12.0. The number of amides is 1. The Balaban J connectivity index is 2.02. The highest BCUT2D eigenvalue weighted by Crippen LogP contribution is 2.22. The molecule has 1 amide bonds. The van der Waals surface area contributed by atoms with Gasteiger partial charge in [0.25, 0.3) is 5.91 Å². The first-order valence-electron chi connectivity index (χ1n) is 6.93. The molecule has 1 saturated heterocycles. The Hall–Kier alpha value is -1.61. The van der Waals surface area contributed by atoms with Crippen molar-refractivity contribution in [1.82, 2.24) is 19.8 Å². The van der Waals surface area contributed by atoms with Gasteiger partial charge in [0.15, 0.2) is 0 Å². The predicted molar refractivity (Wildman–Crippen MR) is 79.1 cm³/mol. The fraction of sp³-hybridized carbons (Fsp3) is 0.667.